The van der Waals surface area contributed by atoms with Crippen molar-refractivity contribution >= 4 is 43.9 Å². The standard InChI is InChI=1S/C23H18N2O4S/c26-23(17-4-2-1-3-5-17)25-20-11-9-19(10-12-20)24-21-8-6-16-7-13-22(30(27,28)29)15-18(16)14-21/h1-15,24H,(H,25,26)(H,27,28,29). The van der Waals surface area contributed by atoms with Gasteiger partial charge in [0.1, 0.15) is 0 Å². The number of anilines is 3. The summed E-state index contributed by atoms with van der Waals surface area (Å²) in [5.74, 6) is -0.180. The third-order valence-electron chi connectivity index (χ3n) is 4.58. The first-order valence-corrected chi connectivity index (χ1v) is 10.6. The molecule has 4 aromatic carbocycles. The summed E-state index contributed by atoms with van der Waals surface area (Å²) in [6, 6.07) is 26.2. The van der Waals surface area contributed by atoms with Gasteiger partial charge in [-0.15, -0.1) is 0 Å². The van der Waals surface area contributed by atoms with Gasteiger partial charge in [-0.1, -0.05) is 30.3 Å². The molecular weight excluding hydrogens is 400 g/mol. The van der Waals surface area contributed by atoms with Crippen LogP contribution in [0, 0.1) is 0 Å². The van der Waals surface area contributed by atoms with Crippen molar-refractivity contribution < 1.29 is 17.8 Å². The molecule has 0 aliphatic heterocycles. The summed E-state index contributed by atoms with van der Waals surface area (Å²) < 4.78 is 32.0. The summed E-state index contributed by atoms with van der Waals surface area (Å²) >= 11 is 0. The van der Waals surface area contributed by atoms with E-state index < -0.39 is 10.1 Å². The molecule has 6 nitrogen and oxygen atoms in total. The molecule has 0 heterocycles. The Balaban J connectivity index is 1.50. The van der Waals surface area contributed by atoms with Crippen molar-refractivity contribution in [1.29, 1.82) is 0 Å². The summed E-state index contributed by atoms with van der Waals surface area (Å²) in [6.45, 7) is 0. The normalized spacial score (nSPS) is 11.2. The van der Waals surface area contributed by atoms with Gasteiger partial charge in [0.15, 0.2) is 0 Å². The summed E-state index contributed by atoms with van der Waals surface area (Å²) in [4.78, 5) is 12.1. The Morgan fingerprint density at radius 3 is 2.03 bits per heavy atom. The fourth-order valence-corrected chi connectivity index (χ4v) is 3.58. The minimum Gasteiger partial charge on any atom is -0.356 e. The van der Waals surface area contributed by atoms with Crippen LogP contribution in [0.1, 0.15) is 10.4 Å². The lowest BCUT2D eigenvalue weighted by atomic mass is 10.1. The first-order chi connectivity index (χ1) is 14.4. The molecule has 4 aromatic rings. The van der Waals surface area contributed by atoms with Crippen molar-refractivity contribution in [3.05, 3.63) is 96.6 Å². The second-order valence-electron chi connectivity index (χ2n) is 6.72. The van der Waals surface area contributed by atoms with Crippen LogP contribution in [0.2, 0.25) is 0 Å². The number of carbonyl (C=O) groups excluding carboxylic acids is 1. The van der Waals surface area contributed by atoms with Gasteiger partial charge in [0.05, 0.1) is 4.90 Å². The molecule has 1 amide bonds. The van der Waals surface area contributed by atoms with Gasteiger partial charge in [0.2, 0.25) is 0 Å². The monoisotopic (exact) mass is 418 g/mol. The Morgan fingerprint density at radius 1 is 0.700 bits per heavy atom. The van der Waals surface area contributed by atoms with Crippen molar-refractivity contribution in [2.45, 2.75) is 4.90 Å². The maximum atomic E-state index is 12.2. The average molecular weight is 418 g/mol. The zero-order chi connectivity index (χ0) is 21.1. The van der Waals surface area contributed by atoms with Gasteiger partial charge < -0.3 is 10.6 Å². The number of benzene rings is 4. The highest BCUT2D eigenvalue weighted by Gasteiger charge is 2.10. The summed E-state index contributed by atoms with van der Waals surface area (Å²) in [7, 11) is -4.26. The smallest absolute Gasteiger partial charge is 0.294 e. The van der Waals surface area contributed by atoms with Gasteiger partial charge in [-0.3, -0.25) is 9.35 Å². The number of nitrogens with one attached hydrogen (secondary N) is 2. The molecule has 0 radical (unpaired) electrons. The first kappa shape index (κ1) is 19.6. The molecule has 3 N–H and O–H groups in total. The van der Waals surface area contributed by atoms with E-state index in [1.54, 1.807) is 36.4 Å². The van der Waals surface area contributed by atoms with Gasteiger partial charge >= 0.3 is 0 Å². The number of fused-ring (bicyclic) bond motifs is 1. The van der Waals surface area contributed by atoms with Crippen LogP contribution in [-0.2, 0) is 10.1 Å². The largest absolute Gasteiger partial charge is 0.356 e. The van der Waals surface area contributed by atoms with Crippen molar-refractivity contribution in [1.82, 2.24) is 0 Å². The molecule has 7 heteroatoms. The Bertz CT molecular complexity index is 1320. The Kier molecular flexibility index (Phi) is 5.22. The summed E-state index contributed by atoms with van der Waals surface area (Å²) in [6.07, 6.45) is 0. The van der Waals surface area contributed by atoms with Crippen LogP contribution >= 0.6 is 0 Å². The van der Waals surface area contributed by atoms with Crippen molar-refractivity contribution in [2.24, 2.45) is 0 Å². The maximum absolute atomic E-state index is 12.2. The van der Waals surface area contributed by atoms with E-state index in [2.05, 4.69) is 10.6 Å². The second kappa shape index (κ2) is 7.98. The molecule has 0 unspecified atom stereocenters. The fourth-order valence-electron chi connectivity index (χ4n) is 3.06. The van der Waals surface area contributed by atoms with Crippen LogP contribution in [0.4, 0.5) is 17.1 Å². The molecule has 0 bridgehead atoms. The highest BCUT2D eigenvalue weighted by Crippen LogP contribution is 2.25. The molecule has 0 atom stereocenters. The molecule has 0 saturated carbocycles. The molecule has 0 fully saturated rings. The Morgan fingerprint density at radius 2 is 1.33 bits per heavy atom. The van der Waals surface area contributed by atoms with Crippen LogP contribution in [0.3, 0.4) is 0 Å². The topological polar surface area (TPSA) is 95.5 Å². The second-order valence-corrected chi connectivity index (χ2v) is 8.14. The van der Waals surface area contributed by atoms with E-state index in [1.165, 1.54) is 12.1 Å². The van der Waals surface area contributed by atoms with Gasteiger partial charge in [0, 0.05) is 22.6 Å². The van der Waals surface area contributed by atoms with Crippen molar-refractivity contribution in [3.63, 3.8) is 0 Å². The number of hydrogen-bond acceptors (Lipinski definition) is 4. The van der Waals surface area contributed by atoms with Crippen LogP contribution in [0.15, 0.2) is 95.9 Å². The molecule has 0 spiro atoms. The van der Waals surface area contributed by atoms with Gasteiger partial charge in [0.25, 0.3) is 16.0 Å². The molecule has 0 aliphatic rings. The van der Waals surface area contributed by atoms with Gasteiger partial charge in [-0.05, 0) is 71.4 Å². The van der Waals surface area contributed by atoms with Crippen molar-refractivity contribution in [2.75, 3.05) is 10.6 Å². The lowest BCUT2D eigenvalue weighted by Crippen LogP contribution is -2.11. The minimum atomic E-state index is -4.26. The zero-order valence-electron chi connectivity index (χ0n) is 15.7. The van der Waals surface area contributed by atoms with E-state index in [9.17, 15) is 17.8 Å². The Hall–Kier alpha value is -3.68. The molecule has 0 aromatic heterocycles. The quantitative estimate of drug-likeness (QED) is 0.393. The predicted molar refractivity (Wildman–Crippen MR) is 118 cm³/mol. The number of rotatable bonds is 5. The van der Waals surface area contributed by atoms with E-state index in [4.69, 9.17) is 0 Å². The van der Waals surface area contributed by atoms with Gasteiger partial charge in [-0.2, -0.15) is 8.42 Å². The predicted octanol–water partition coefficient (Wildman–Crippen LogP) is 5.08. The van der Waals surface area contributed by atoms with E-state index in [0.29, 0.717) is 16.6 Å². The fraction of sp³-hybridized carbons (Fsp3) is 0. The number of amides is 1. The van der Waals surface area contributed by atoms with Crippen LogP contribution < -0.4 is 10.6 Å². The Labute approximate surface area is 173 Å². The average Bonchev–Trinajstić information content (AvgIpc) is 2.74. The van der Waals surface area contributed by atoms with Crippen molar-refractivity contribution in [3.8, 4) is 0 Å². The van der Waals surface area contributed by atoms with Crippen LogP contribution in [-0.4, -0.2) is 18.9 Å². The molecule has 4 rings (SSSR count). The molecule has 0 saturated heterocycles. The first-order valence-electron chi connectivity index (χ1n) is 9.13. The van der Waals surface area contributed by atoms with Gasteiger partial charge in [-0.25, -0.2) is 0 Å². The molecule has 150 valence electrons. The van der Waals surface area contributed by atoms with Crippen LogP contribution in [0.5, 0.6) is 0 Å². The minimum absolute atomic E-state index is 0.148. The van der Waals surface area contributed by atoms with Crippen LogP contribution in [0.25, 0.3) is 10.8 Å². The van der Waals surface area contributed by atoms with E-state index in [-0.39, 0.29) is 10.8 Å². The summed E-state index contributed by atoms with van der Waals surface area (Å²) in [5, 5.41) is 7.62. The lowest BCUT2D eigenvalue weighted by molar-refractivity contribution is 0.102. The van der Waals surface area contributed by atoms with E-state index >= 15 is 0 Å². The third kappa shape index (κ3) is 4.48. The zero-order valence-corrected chi connectivity index (χ0v) is 16.6. The van der Waals surface area contributed by atoms with E-state index in [0.717, 1.165) is 16.8 Å². The number of carbonyl (C=O) groups is 1. The highest BCUT2D eigenvalue weighted by molar-refractivity contribution is 7.85. The highest BCUT2D eigenvalue weighted by atomic mass is 32.2. The molecule has 0 aliphatic carbocycles. The molecular formula is C23H18N2O4S. The number of hydrogen-bond donors (Lipinski definition) is 3. The maximum Gasteiger partial charge on any atom is 0.294 e. The van der Waals surface area contributed by atoms with E-state index in [1.807, 2.05) is 42.5 Å². The molecule has 30 heavy (non-hydrogen) atoms. The lowest BCUT2D eigenvalue weighted by Gasteiger charge is -2.10. The third-order valence-corrected chi connectivity index (χ3v) is 5.43. The SMILES string of the molecule is O=C(Nc1ccc(Nc2ccc3ccc(S(=O)(=O)O)cc3c2)cc1)c1ccccc1. The summed E-state index contributed by atoms with van der Waals surface area (Å²) in [5.41, 5.74) is 2.82.